The SMILES string of the molecule is C#C.C=C(/C=C(\C=C/C)NC)Cc1ccnc(C)c1.CN. The van der Waals surface area contributed by atoms with Crippen LogP contribution in [-0.2, 0) is 6.42 Å². The molecule has 0 amide bonds. The Balaban J connectivity index is 0. The molecule has 0 radical (unpaired) electrons. The van der Waals surface area contributed by atoms with Gasteiger partial charge in [0.1, 0.15) is 0 Å². The van der Waals surface area contributed by atoms with Crippen molar-refractivity contribution in [3.05, 3.63) is 65.7 Å². The number of nitrogens with two attached hydrogens (primary N) is 1. The second-order valence-corrected chi connectivity index (χ2v) is 3.99. The number of aromatic nitrogens is 1. The number of aryl methyl sites for hydroxylation is 1. The van der Waals surface area contributed by atoms with Crippen LogP contribution in [-0.4, -0.2) is 19.1 Å². The van der Waals surface area contributed by atoms with E-state index in [0.717, 1.165) is 23.4 Å². The topological polar surface area (TPSA) is 50.9 Å². The van der Waals surface area contributed by atoms with Crippen molar-refractivity contribution in [2.75, 3.05) is 14.1 Å². The smallest absolute Gasteiger partial charge is 0.0375 e. The summed E-state index contributed by atoms with van der Waals surface area (Å²) in [6.07, 6.45) is 16.8. The van der Waals surface area contributed by atoms with Crippen LogP contribution in [0.4, 0.5) is 0 Å². The Morgan fingerprint density at radius 1 is 1.43 bits per heavy atom. The number of pyridine rings is 1. The minimum atomic E-state index is 0.853. The minimum absolute atomic E-state index is 0.853. The number of rotatable bonds is 5. The Hall–Kier alpha value is -2.31. The quantitative estimate of drug-likeness (QED) is 0.646. The molecular weight excluding hydrogens is 258 g/mol. The van der Waals surface area contributed by atoms with Crippen molar-refractivity contribution in [3.8, 4) is 12.8 Å². The molecule has 0 spiro atoms. The molecule has 0 fully saturated rings. The fourth-order valence-corrected chi connectivity index (χ4v) is 1.63. The van der Waals surface area contributed by atoms with Crippen molar-refractivity contribution in [2.45, 2.75) is 20.3 Å². The highest BCUT2D eigenvalue weighted by Crippen LogP contribution is 2.10. The number of hydrogen-bond acceptors (Lipinski definition) is 3. The van der Waals surface area contributed by atoms with Gasteiger partial charge in [-0.05, 0) is 62.7 Å². The van der Waals surface area contributed by atoms with Gasteiger partial charge in [0.15, 0.2) is 0 Å². The summed E-state index contributed by atoms with van der Waals surface area (Å²) < 4.78 is 0. The van der Waals surface area contributed by atoms with E-state index >= 15 is 0 Å². The fraction of sp³-hybridized carbons (Fsp3) is 0.278. The van der Waals surface area contributed by atoms with Crippen LogP contribution in [0.2, 0.25) is 0 Å². The highest BCUT2D eigenvalue weighted by Gasteiger charge is 1.97. The molecule has 3 heteroatoms. The number of nitrogens with one attached hydrogen (secondary N) is 1. The first kappa shape index (κ1) is 21.0. The maximum absolute atomic E-state index is 4.50. The molecule has 0 aliphatic rings. The van der Waals surface area contributed by atoms with Crippen LogP contribution >= 0.6 is 0 Å². The van der Waals surface area contributed by atoms with E-state index in [1.807, 2.05) is 45.3 Å². The first-order valence-corrected chi connectivity index (χ1v) is 6.68. The molecule has 0 unspecified atom stereocenters. The van der Waals surface area contributed by atoms with Gasteiger partial charge in [0, 0.05) is 24.6 Å². The van der Waals surface area contributed by atoms with Gasteiger partial charge in [-0.15, -0.1) is 12.8 Å². The molecule has 1 aromatic rings. The van der Waals surface area contributed by atoms with Gasteiger partial charge < -0.3 is 11.1 Å². The molecule has 0 aromatic carbocycles. The van der Waals surface area contributed by atoms with Crippen molar-refractivity contribution in [1.29, 1.82) is 0 Å². The summed E-state index contributed by atoms with van der Waals surface area (Å²) in [6.45, 7) is 8.08. The normalized spacial score (nSPS) is 9.95. The number of likely N-dealkylation sites (N-methyl/N-ethyl adjacent to an activating group) is 1. The van der Waals surface area contributed by atoms with E-state index in [0.29, 0.717) is 0 Å². The van der Waals surface area contributed by atoms with Gasteiger partial charge in [0.25, 0.3) is 0 Å². The highest BCUT2D eigenvalue weighted by molar-refractivity contribution is 5.31. The average molecular weight is 285 g/mol. The summed E-state index contributed by atoms with van der Waals surface area (Å²) in [6, 6.07) is 4.12. The van der Waals surface area contributed by atoms with E-state index < -0.39 is 0 Å². The summed E-state index contributed by atoms with van der Waals surface area (Å²) in [5.41, 5.74) is 8.94. The van der Waals surface area contributed by atoms with Crippen LogP contribution in [0.25, 0.3) is 0 Å². The lowest BCUT2D eigenvalue weighted by molar-refractivity contribution is 1.02. The third-order valence-corrected chi connectivity index (χ3v) is 2.39. The van der Waals surface area contributed by atoms with E-state index in [1.54, 1.807) is 0 Å². The third kappa shape index (κ3) is 10.2. The number of terminal acetylenes is 1. The van der Waals surface area contributed by atoms with Crippen LogP contribution in [0.5, 0.6) is 0 Å². The Morgan fingerprint density at radius 3 is 2.52 bits per heavy atom. The van der Waals surface area contributed by atoms with Gasteiger partial charge in [-0.1, -0.05) is 12.7 Å². The monoisotopic (exact) mass is 285 g/mol. The van der Waals surface area contributed by atoms with Gasteiger partial charge >= 0.3 is 0 Å². The van der Waals surface area contributed by atoms with Crippen LogP contribution in [0.15, 0.2) is 54.4 Å². The zero-order chi connectivity index (χ0) is 16.7. The summed E-state index contributed by atoms with van der Waals surface area (Å²) in [5, 5.41) is 3.13. The summed E-state index contributed by atoms with van der Waals surface area (Å²) >= 11 is 0. The largest absolute Gasteiger partial charge is 0.388 e. The van der Waals surface area contributed by atoms with Crippen LogP contribution in [0.3, 0.4) is 0 Å². The van der Waals surface area contributed by atoms with Crippen molar-refractivity contribution >= 4 is 0 Å². The molecule has 1 aromatic heterocycles. The molecule has 0 saturated heterocycles. The maximum atomic E-state index is 4.50. The van der Waals surface area contributed by atoms with Crippen molar-refractivity contribution in [3.63, 3.8) is 0 Å². The lowest BCUT2D eigenvalue weighted by Gasteiger charge is -2.05. The minimum Gasteiger partial charge on any atom is -0.388 e. The zero-order valence-corrected chi connectivity index (χ0v) is 13.6. The molecule has 114 valence electrons. The summed E-state index contributed by atoms with van der Waals surface area (Å²) in [7, 11) is 3.41. The molecule has 1 rings (SSSR count). The predicted octanol–water partition coefficient (Wildman–Crippen LogP) is 2.99. The lowest BCUT2D eigenvalue weighted by Crippen LogP contribution is -2.03. The first-order chi connectivity index (χ1) is 10.2. The Labute approximate surface area is 129 Å². The van der Waals surface area contributed by atoms with Crippen LogP contribution < -0.4 is 11.1 Å². The fourth-order valence-electron chi connectivity index (χ4n) is 1.63. The molecule has 0 aliphatic carbocycles. The number of allylic oxidation sites excluding steroid dienone is 4. The molecule has 0 bridgehead atoms. The van der Waals surface area contributed by atoms with Crippen molar-refractivity contribution in [1.82, 2.24) is 10.3 Å². The predicted molar refractivity (Wildman–Crippen MR) is 93.8 cm³/mol. The lowest BCUT2D eigenvalue weighted by atomic mass is 10.1. The average Bonchev–Trinajstić information content (AvgIpc) is 2.51. The van der Waals surface area contributed by atoms with Crippen LogP contribution in [0.1, 0.15) is 18.2 Å². The van der Waals surface area contributed by atoms with Gasteiger partial charge in [-0.2, -0.15) is 0 Å². The Morgan fingerprint density at radius 2 is 2.05 bits per heavy atom. The molecule has 21 heavy (non-hydrogen) atoms. The first-order valence-electron chi connectivity index (χ1n) is 6.68. The molecule has 0 aliphatic heterocycles. The Bertz CT molecular complexity index is 482. The van der Waals surface area contributed by atoms with Gasteiger partial charge in [-0.25, -0.2) is 0 Å². The van der Waals surface area contributed by atoms with Crippen LogP contribution in [0, 0.1) is 19.8 Å². The van der Waals surface area contributed by atoms with Gasteiger partial charge in [0.05, 0.1) is 0 Å². The molecule has 3 N–H and O–H groups in total. The number of hydrogen-bond donors (Lipinski definition) is 2. The second-order valence-electron chi connectivity index (χ2n) is 3.99. The maximum Gasteiger partial charge on any atom is 0.0375 e. The molecule has 0 atom stereocenters. The second kappa shape index (κ2) is 14.1. The summed E-state index contributed by atoms with van der Waals surface area (Å²) in [5.74, 6) is 0. The number of nitrogens with zero attached hydrogens (tertiary/aromatic N) is 1. The van der Waals surface area contributed by atoms with Gasteiger partial charge in [0.2, 0.25) is 0 Å². The van der Waals surface area contributed by atoms with E-state index in [9.17, 15) is 0 Å². The van der Waals surface area contributed by atoms with E-state index in [2.05, 4.69) is 47.6 Å². The zero-order valence-electron chi connectivity index (χ0n) is 13.6. The summed E-state index contributed by atoms with van der Waals surface area (Å²) in [4.78, 5) is 4.19. The van der Waals surface area contributed by atoms with Crippen molar-refractivity contribution in [2.24, 2.45) is 5.73 Å². The third-order valence-electron chi connectivity index (χ3n) is 2.39. The highest BCUT2D eigenvalue weighted by atomic mass is 14.8. The molecular formula is C18H27N3. The molecule has 1 heterocycles. The molecule has 0 saturated carbocycles. The van der Waals surface area contributed by atoms with Gasteiger partial charge in [-0.3, -0.25) is 4.98 Å². The molecule has 3 nitrogen and oxygen atoms in total. The Kier molecular flexibility index (Phi) is 14.1. The van der Waals surface area contributed by atoms with E-state index in [-0.39, 0.29) is 0 Å². The van der Waals surface area contributed by atoms with E-state index in [4.69, 9.17) is 0 Å². The van der Waals surface area contributed by atoms with Crippen molar-refractivity contribution < 1.29 is 0 Å². The standard InChI is InChI=1S/C15H20N2.C2H2.CH5N/c1-5-6-15(16-4)10-12(2)9-14-7-8-17-13(3)11-14;2*1-2/h5-8,10-11,16H,2,9H2,1,3-4H3;1-2H;2H2,1H3/b6-5-,15-10+;;. The van der Waals surface area contributed by atoms with E-state index in [1.165, 1.54) is 12.6 Å².